The van der Waals surface area contributed by atoms with Gasteiger partial charge in [-0.3, -0.25) is 0 Å². The molecule has 0 fully saturated rings. The summed E-state index contributed by atoms with van der Waals surface area (Å²) in [6, 6.07) is 1.59. The molecule has 1 rings (SSSR count). The molecule has 13 heavy (non-hydrogen) atoms. The third kappa shape index (κ3) is 2.67. The van der Waals surface area contributed by atoms with Gasteiger partial charge in [-0.2, -0.15) is 0 Å². The topological polar surface area (TPSA) is 46.2 Å². The molecule has 0 atom stereocenters. The van der Waals surface area contributed by atoms with Gasteiger partial charge in [-0.05, 0) is 17.0 Å². The largest absolute Gasteiger partial charge is 0.250 e. The van der Waals surface area contributed by atoms with Crippen LogP contribution in [-0.2, 0) is 15.9 Å². The van der Waals surface area contributed by atoms with Gasteiger partial charge < -0.3 is 0 Å². The van der Waals surface area contributed by atoms with Gasteiger partial charge in [0.15, 0.2) is 0 Å². The quantitative estimate of drug-likeness (QED) is 0.815. The van der Waals surface area contributed by atoms with Crippen molar-refractivity contribution in [2.24, 2.45) is 0 Å². The Morgan fingerprint density at radius 3 is 2.77 bits per heavy atom. The van der Waals surface area contributed by atoms with E-state index in [-0.39, 0.29) is 0 Å². The zero-order valence-electron chi connectivity index (χ0n) is 7.08. The SMILES string of the molecule is CCNS(=O)(=O)c1cc(CCl)cs1. The number of hydrogen-bond acceptors (Lipinski definition) is 3. The fraction of sp³-hybridized carbons (Fsp3) is 0.429. The molecule has 74 valence electrons. The lowest BCUT2D eigenvalue weighted by Gasteiger charge is -1.99. The number of hydrogen-bond donors (Lipinski definition) is 1. The lowest BCUT2D eigenvalue weighted by molar-refractivity contribution is 0.586. The van der Waals surface area contributed by atoms with Crippen LogP contribution in [0, 0.1) is 0 Å². The lowest BCUT2D eigenvalue weighted by Crippen LogP contribution is -2.22. The Morgan fingerprint density at radius 2 is 2.31 bits per heavy atom. The highest BCUT2D eigenvalue weighted by molar-refractivity contribution is 7.91. The number of nitrogens with one attached hydrogen (secondary N) is 1. The summed E-state index contributed by atoms with van der Waals surface area (Å²) >= 11 is 6.74. The average Bonchev–Trinajstić information content (AvgIpc) is 2.52. The molecule has 0 aromatic carbocycles. The van der Waals surface area contributed by atoms with E-state index in [1.165, 1.54) is 11.3 Å². The molecule has 0 saturated heterocycles. The van der Waals surface area contributed by atoms with E-state index in [1.54, 1.807) is 18.4 Å². The minimum atomic E-state index is -3.29. The Labute approximate surface area is 86.8 Å². The first-order valence-corrected chi connectivity index (χ1v) is 6.63. The van der Waals surface area contributed by atoms with Crippen molar-refractivity contribution in [1.82, 2.24) is 4.72 Å². The maximum atomic E-state index is 11.4. The standard InChI is InChI=1S/C7H10ClNO2S2/c1-2-9-13(10,11)7-3-6(4-8)5-12-7/h3,5,9H,2,4H2,1H3. The molecule has 0 aliphatic carbocycles. The molecule has 6 heteroatoms. The van der Waals surface area contributed by atoms with E-state index in [4.69, 9.17) is 11.6 Å². The first-order chi connectivity index (χ1) is 6.10. The highest BCUT2D eigenvalue weighted by Gasteiger charge is 2.14. The van der Waals surface area contributed by atoms with Crippen LogP contribution in [0.3, 0.4) is 0 Å². The van der Waals surface area contributed by atoms with Crippen LogP contribution < -0.4 is 4.72 Å². The molecular weight excluding hydrogens is 230 g/mol. The zero-order valence-corrected chi connectivity index (χ0v) is 9.47. The van der Waals surface area contributed by atoms with Gasteiger partial charge >= 0.3 is 0 Å². The molecule has 0 bridgehead atoms. The van der Waals surface area contributed by atoms with Crippen molar-refractivity contribution in [1.29, 1.82) is 0 Å². The second-order valence-corrected chi connectivity index (χ2v) is 5.58. The van der Waals surface area contributed by atoms with Crippen molar-refractivity contribution >= 4 is 33.0 Å². The third-order valence-electron chi connectivity index (χ3n) is 1.38. The summed E-state index contributed by atoms with van der Waals surface area (Å²) in [6.07, 6.45) is 0. The Bertz CT molecular complexity index is 372. The molecule has 3 nitrogen and oxygen atoms in total. The van der Waals surface area contributed by atoms with Crippen molar-refractivity contribution in [3.63, 3.8) is 0 Å². The van der Waals surface area contributed by atoms with Crippen molar-refractivity contribution < 1.29 is 8.42 Å². The second kappa shape index (κ2) is 4.41. The molecule has 0 unspecified atom stereocenters. The first kappa shape index (κ1) is 11.0. The van der Waals surface area contributed by atoms with Crippen LogP contribution >= 0.6 is 22.9 Å². The monoisotopic (exact) mass is 239 g/mol. The summed E-state index contributed by atoms with van der Waals surface area (Å²) in [6.45, 7) is 2.14. The summed E-state index contributed by atoms with van der Waals surface area (Å²) in [5.41, 5.74) is 0.836. The summed E-state index contributed by atoms with van der Waals surface area (Å²) < 4.78 is 25.6. The second-order valence-electron chi connectivity index (χ2n) is 2.41. The predicted octanol–water partition coefficient (Wildman–Crippen LogP) is 1.79. The van der Waals surface area contributed by atoms with Gasteiger partial charge in [0.25, 0.3) is 0 Å². The number of sulfonamides is 1. The Morgan fingerprint density at radius 1 is 1.62 bits per heavy atom. The van der Waals surface area contributed by atoms with Gasteiger partial charge in [0.05, 0.1) is 0 Å². The van der Waals surface area contributed by atoms with Gasteiger partial charge in [-0.25, -0.2) is 13.1 Å². The van der Waals surface area contributed by atoms with E-state index in [1.807, 2.05) is 0 Å². The summed E-state index contributed by atoms with van der Waals surface area (Å²) in [5, 5.41) is 1.75. The number of alkyl halides is 1. The van der Waals surface area contributed by atoms with Crippen LogP contribution in [0.2, 0.25) is 0 Å². The maximum absolute atomic E-state index is 11.4. The molecule has 0 spiro atoms. The van der Waals surface area contributed by atoms with Crippen LogP contribution in [-0.4, -0.2) is 15.0 Å². The molecule has 0 radical (unpaired) electrons. The van der Waals surface area contributed by atoms with E-state index >= 15 is 0 Å². The minimum absolute atomic E-state index is 0.324. The molecular formula is C7H10ClNO2S2. The summed E-state index contributed by atoms with van der Waals surface area (Å²) in [7, 11) is -3.29. The number of thiophene rings is 1. The Balaban J connectivity index is 2.94. The van der Waals surface area contributed by atoms with E-state index in [9.17, 15) is 8.42 Å². The van der Waals surface area contributed by atoms with Gasteiger partial charge in [-0.1, -0.05) is 6.92 Å². The summed E-state index contributed by atoms with van der Waals surface area (Å²) in [4.78, 5) is 0. The zero-order chi connectivity index (χ0) is 9.90. The average molecular weight is 240 g/mol. The van der Waals surface area contributed by atoms with Gasteiger partial charge in [0, 0.05) is 12.4 Å². The third-order valence-corrected chi connectivity index (χ3v) is 4.73. The maximum Gasteiger partial charge on any atom is 0.250 e. The molecule has 1 N–H and O–H groups in total. The van der Waals surface area contributed by atoms with Crippen molar-refractivity contribution in [3.8, 4) is 0 Å². The minimum Gasteiger partial charge on any atom is -0.211 e. The van der Waals surface area contributed by atoms with Crippen molar-refractivity contribution in [2.75, 3.05) is 6.54 Å². The van der Waals surface area contributed by atoms with Gasteiger partial charge in [0.1, 0.15) is 4.21 Å². The fourth-order valence-corrected chi connectivity index (χ4v) is 3.37. The predicted molar refractivity (Wildman–Crippen MR) is 54.7 cm³/mol. The first-order valence-electron chi connectivity index (χ1n) is 3.73. The normalized spacial score (nSPS) is 11.8. The van der Waals surface area contributed by atoms with E-state index in [0.717, 1.165) is 5.56 Å². The van der Waals surface area contributed by atoms with Crippen molar-refractivity contribution in [3.05, 3.63) is 17.0 Å². The van der Waals surface area contributed by atoms with E-state index < -0.39 is 10.0 Å². The van der Waals surface area contributed by atoms with Crippen LogP contribution in [0.15, 0.2) is 15.7 Å². The highest BCUT2D eigenvalue weighted by atomic mass is 35.5. The molecule has 1 aromatic rings. The molecule has 1 aromatic heterocycles. The number of rotatable bonds is 4. The number of halogens is 1. The lowest BCUT2D eigenvalue weighted by atomic mass is 10.4. The molecule has 1 heterocycles. The molecule has 0 aliphatic rings. The van der Waals surface area contributed by atoms with E-state index in [0.29, 0.717) is 16.6 Å². The van der Waals surface area contributed by atoms with Crippen LogP contribution in [0.4, 0.5) is 0 Å². The Hall–Kier alpha value is -0.100. The Kier molecular flexibility index (Phi) is 3.73. The van der Waals surface area contributed by atoms with Gasteiger partial charge in [-0.15, -0.1) is 22.9 Å². The van der Waals surface area contributed by atoms with Gasteiger partial charge in [0.2, 0.25) is 10.0 Å². The smallest absolute Gasteiger partial charge is 0.211 e. The van der Waals surface area contributed by atoms with Crippen LogP contribution in [0.25, 0.3) is 0 Å². The van der Waals surface area contributed by atoms with Crippen LogP contribution in [0.5, 0.6) is 0 Å². The highest BCUT2D eigenvalue weighted by Crippen LogP contribution is 2.20. The van der Waals surface area contributed by atoms with E-state index in [2.05, 4.69) is 4.72 Å². The van der Waals surface area contributed by atoms with Crippen molar-refractivity contribution in [2.45, 2.75) is 17.0 Å². The summed E-state index contributed by atoms with van der Waals surface area (Å²) in [5.74, 6) is 0.345. The fourth-order valence-electron chi connectivity index (χ4n) is 0.825. The molecule has 0 aliphatic heterocycles. The molecule has 0 amide bonds. The molecule has 0 saturated carbocycles. The van der Waals surface area contributed by atoms with Crippen LogP contribution in [0.1, 0.15) is 12.5 Å².